The number of imidazole rings is 1. The van der Waals surface area contributed by atoms with Crippen molar-refractivity contribution in [3.8, 4) is 28.4 Å². The zero-order chi connectivity index (χ0) is 29.2. The summed E-state index contributed by atoms with van der Waals surface area (Å²) in [5.74, 6) is 0.601. The third-order valence-electron chi connectivity index (χ3n) is 7.81. The van der Waals surface area contributed by atoms with Gasteiger partial charge in [-0.3, -0.25) is 4.79 Å². The Labute approximate surface area is 248 Å². The van der Waals surface area contributed by atoms with Gasteiger partial charge in [0, 0.05) is 36.8 Å². The van der Waals surface area contributed by atoms with Crippen LogP contribution < -0.4 is 4.74 Å². The standard InChI is InChI=1S/C33H32N4O4S/c1-36(2)32(38)23-10-8-21(9-11-23)30-29(42-20-34-30)19-41-26-15-12-22(13-16-26)31-35-27-18-24(33(39)40)14-17-28(27)37(31)25-6-4-3-5-7-25/h8-18,20,25H,3-7,19H2,1-2H3,(H,39,40). The molecule has 1 N–H and O–H groups in total. The molecule has 9 heteroatoms. The molecule has 42 heavy (non-hydrogen) atoms. The molecule has 8 nitrogen and oxygen atoms in total. The Kier molecular flexibility index (Phi) is 7.75. The predicted octanol–water partition coefficient (Wildman–Crippen LogP) is 7.31. The van der Waals surface area contributed by atoms with E-state index >= 15 is 0 Å². The summed E-state index contributed by atoms with van der Waals surface area (Å²) in [7, 11) is 3.48. The molecular formula is C33H32N4O4S. The molecule has 214 valence electrons. The number of aromatic carboxylic acids is 1. The first-order valence-corrected chi connectivity index (χ1v) is 15.0. The number of ether oxygens (including phenoxy) is 1. The molecule has 2 aromatic heterocycles. The monoisotopic (exact) mass is 580 g/mol. The van der Waals surface area contributed by atoms with E-state index in [2.05, 4.69) is 9.55 Å². The number of aromatic nitrogens is 3. The van der Waals surface area contributed by atoms with Crippen molar-refractivity contribution in [1.29, 1.82) is 0 Å². The Morgan fingerprint density at radius 3 is 2.33 bits per heavy atom. The average molecular weight is 581 g/mol. The van der Waals surface area contributed by atoms with Crippen molar-refractivity contribution >= 4 is 34.2 Å². The lowest BCUT2D eigenvalue weighted by Crippen LogP contribution is -2.21. The minimum absolute atomic E-state index is 0.0360. The summed E-state index contributed by atoms with van der Waals surface area (Å²) < 4.78 is 8.46. The van der Waals surface area contributed by atoms with Crippen LogP contribution in [0.25, 0.3) is 33.7 Å². The minimum atomic E-state index is -0.951. The second kappa shape index (κ2) is 11.8. The highest BCUT2D eigenvalue weighted by atomic mass is 32.1. The second-order valence-electron chi connectivity index (χ2n) is 10.8. The van der Waals surface area contributed by atoms with Gasteiger partial charge < -0.3 is 19.3 Å². The molecule has 0 saturated heterocycles. The highest BCUT2D eigenvalue weighted by Gasteiger charge is 2.23. The van der Waals surface area contributed by atoms with Crippen LogP contribution in [0.4, 0.5) is 0 Å². The highest BCUT2D eigenvalue weighted by molar-refractivity contribution is 7.10. The summed E-state index contributed by atoms with van der Waals surface area (Å²) >= 11 is 1.54. The zero-order valence-corrected chi connectivity index (χ0v) is 24.4. The summed E-state index contributed by atoms with van der Waals surface area (Å²) in [5, 5.41) is 9.50. The fourth-order valence-corrected chi connectivity index (χ4v) is 6.33. The van der Waals surface area contributed by atoms with Gasteiger partial charge in [-0.1, -0.05) is 31.4 Å². The van der Waals surface area contributed by atoms with Crippen LogP contribution in [-0.2, 0) is 6.61 Å². The van der Waals surface area contributed by atoms with E-state index in [9.17, 15) is 14.7 Å². The van der Waals surface area contributed by atoms with Gasteiger partial charge in [-0.25, -0.2) is 14.8 Å². The zero-order valence-electron chi connectivity index (χ0n) is 23.6. The largest absolute Gasteiger partial charge is 0.488 e. The van der Waals surface area contributed by atoms with Gasteiger partial charge in [0.15, 0.2) is 0 Å². The molecule has 0 bridgehead atoms. The van der Waals surface area contributed by atoms with Crippen molar-refractivity contribution in [2.24, 2.45) is 0 Å². The number of rotatable bonds is 8. The Morgan fingerprint density at radius 2 is 1.64 bits per heavy atom. The SMILES string of the molecule is CN(C)C(=O)c1ccc(-c2ncsc2COc2ccc(-c3nc4cc(C(=O)O)ccc4n3C3CCCCC3)cc2)cc1. The van der Waals surface area contributed by atoms with Gasteiger partial charge in [0.2, 0.25) is 0 Å². The van der Waals surface area contributed by atoms with Gasteiger partial charge in [0.1, 0.15) is 18.2 Å². The number of benzene rings is 3. The predicted molar refractivity (Wildman–Crippen MR) is 164 cm³/mol. The molecule has 1 aliphatic carbocycles. The first-order valence-electron chi connectivity index (χ1n) is 14.1. The van der Waals surface area contributed by atoms with E-state index in [1.165, 1.54) is 30.6 Å². The number of hydrogen-bond acceptors (Lipinski definition) is 6. The van der Waals surface area contributed by atoms with E-state index in [0.717, 1.165) is 51.6 Å². The normalized spacial score (nSPS) is 13.8. The van der Waals surface area contributed by atoms with Crippen LogP contribution in [0.2, 0.25) is 0 Å². The molecule has 1 saturated carbocycles. The van der Waals surface area contributed by atoms with Gasteiger partial charge in [0.25, 0.3) is 5.91 Å². The van der Waals surface area contributed by atoms with Crippen LogP contribution in [-0.4, -0.2) is 50.5 Å². The van der Waals surface area contributed by atoms with Crippen LogP contribution in [0.3, 0.4) is 0 Å². The molecule has 1 amide bonds. The third kappa shape index (κ3) is 5.52. The summed E-state index contributed by atoms with van der Waals surface area (Å²) in [5.41, 5.74) is 7.11. The number of carbonyl (C=O) groups excluding carboxylic acids is 1. The van der Waals surface area contributed by atoms with E-state index in [0.29, 0.717) is 23.7 Å². The van der Waals surface area contributed by atoms with Gasteiger partial charge >= 0.3 is 5.97 Å². The summed E-state index contributed by atoms with van der Waals surface area (Å²) in [6.45, 7) is 0.371. The van der Waals surface area contributed by atoms with Crippen LogP contribution in [0.1, 0.15) is 63.7 Å². The highest BCUT2D eigenvalue weighted by Crippen LogP contribution is 2.37. The number of carbonyl (C=O) groups is 2. The smallest absolute Gasteiger partial charge is 0.335 e. The van der Waals surface area contributed by atoms with Crippen molar-refractivity contribution in [2.45, 2.75) is 44.8 Å². The van der Waals surface area contributed by atoms with Crippen LogP contribution in [0, 0.1) is 0 Å². The lowest BCUT2D eigenvalue weighted by Gasteiger charge is -2.25. The van der Waals surface area contributed by atoms with E-state index in [1.807, 2.05) is 60.1 Å². The Hall–Kier alpha value is -4.50. The number of nitrogens with zero attached hydrogens (tertiary/aromatic N) is 4. The van der Waals surface area contributed by atoms with Gasteiger partial charge in [-0.05, 0) is 67.4 Å². The van der Waals surface area contributed by atoms with Gasteiger partial charge in [-0.2, -0.15) is 0 Å². The van der Waals surface area contributed by atoms with Crippen molar-refractivity contribution in [2.75, 3.05) is 14.1 Å². The maximum absolute atomic E-state index is 12.2. The first kappa shape index (κ1) is 27.7. The molecule has 6 rings (SSSR count). The van der Waals surface area contributed by atoms with Crippen molar-refractivity contribution < 1.29 is 19.4 Å². The number of hydrogen-bond donors (Lipinski definition) is 1. The Bertz CT molecular complexity index is 1730. The Balaban J connectivity index is 1.22. The number of thiazole rings is 1. The van der Waals surface area contributed by atoms with Crippen LogP contribution >= 0.6 is 11.3 Å². The van der Waals surface area contributed by atoms with Gasteiger partial charge in [0.05, 0.1) is 32.7 Å². The number of carboxylic acid groups (broad SMARTS) is 1. The van der Waals surface area contributed by atoms with E-state index in [4.69, 9.17) is 9.72 Å². The number of amides is 1. The fourth-order valence-electron chi connectivity index (χ4n) is 5.63. The summed E-state index contributed by atoms with van der Waals surface area (Å²) in [6.07, 6.45) is 5.79. The average Bonchev–Trinajstić information content (AvgIpc) is 3.65. The second-order valence-corrected chi connectivity index (χ2v) is 11.8. The fraction of sp³-hybridized carbons (Fsp3) is 0.273. The molecule has 0 radical (unpaired) electrons. The molecule has 0 unspecified atom stereocenters. The summed E-state index contributed by atoms with van der Waals surface area (Å²) in [6, 6.07) is 21.0. The maximum Gasteiger partial charge on any atom is 0.335 e. The molecule has 1 aliphatic rings. The van der Waals surface area contributed by atoms with E-state index in [1.54, 1.807) is 31.1 Å². The number of carboxylic acids is 1. The Morgan fingerprint density at radius 1 is 0.952 bits per heavy atom. The van der Waals surface area contributed by atoms with Crippen LogP contribution in [0.5, 0.6) is 5.75 Å². The molecule has 0 spiro atoms. The van der Waals surface area contributed by atoms with Crippen LogP contribution in [0.15, 0.2) is 72.2 Å². The molecule has 2 heterocycles. The van der Waals surface area contributed by atoms with Crippen molar-refractivity contribution in [3.05, 3.63) is 88.2 Å². The van der Waals surface area contributed by atoms with Crippen molar-refractivity contribution in [3.63, 3.8) is 0 Å². The van der Waals surface area contributed by atoms with E-state index < -0.39 is 5.97 Å². The molecule has 5 aromatic rings. The molecule has 3 aromatic carbocycles. The molecule has 1 fully saturated rings. The lowest BCUT2D eigenvalue weighted by atomic mass is 9.95. The topological polar surface area (TPSA) is 97.6 Å². The molecular weight excluding hydrogens is 548 g/mol. The molecule has 0 aliphatic heterocycles. The first-order chi connectivity index (χ1) is 20.4. The van der Waals surface area contributed by atoms with E-state index in [-0.39, 0.29) is 11.5 Å². The quantitative estimate of drug-likeness (QED) is 0.207. The number of fused-ring (bicyclic) bond motifs is 1. The summed E-state index contributed by atoms with van der Waals surface area (Å²) in [4.78, 5) is 35.8. The third-order valence-corrected chi connectivity index (χ3v) is 8.62. The molecule has 0 atom stereocenters. The van der Waals surface area contributed by atoms with Gasteiger partial charge in [-0.15, -0.1) is 11.3 Å². The minimum Gasteiger partial charge on any atom is -0.488 e. The van der Waals surface area contributed by atoms with Crippen molar-refractivity contribution in [1.82, 2.24) is 19.4 Å². The lowest BCUT2D eigenvalue weighted by molar-refractivity contribution is 0.0696. The maximum atomic E-state index is 12.2.